The van der Waals surface area contributed by atoms with Crippen LogP contribution in [0, 0.1) is 5.82 Å². The van der Waals surface area contributed by atoms with E-state index in [1.165, 1.54) is 42.5 Å². The average molecular weight is 436 g/mol. The number of alkyl halides is 3. The van der Waals surface area contributed by atoms with Crippen molar-refractivity contribution in [3.63, 3.8) is 0 Å². The van der Waals surface area contributed by atoms with E-state index in [0.29, 0.717) is 16.8 Å². The molecule has 156 valence electrons. The maximum Gasteiger partial charge on any atom is 0.416 e. The Bertz CT molecular complexity index is 1160. The lowest BCUT2D eigenvalue weighted by Gasteiger charge is -2.37. The maximum atomic E-state index is 13.3. The number of hydrogen-bond acceptors (Lipinski definition) is 3. The molecule has 1 unspecified atom stereocenters. The van der Waals surface area contributed by atoms with Crippen molar-refractivity contribution in [2.75, 3.05) is 5.32 Å². The molecule has 0 bridgehead atoms. The SMILES string of the molecule is O=S1(=O)c2ccccc2NC(c2ccc(C(F)(F)F)cc2)N1Cc1ccc(F)cc1. The summed E-state index contributed by atoms with van der Waals surface area (Å²) < 4.78 is 79.8. The Morgan fingerprint density at radius 2 is 1.53 bits per heavy atom. The standard InChI is InChI=1S/C21H16F4N2O2S/c22-17-11-5-14(6-12-17)13-27-20(15-7-9-16(10-8-15)21(23,24)25)26-18-3-1-2-4-19(18)30(27,28)29/h1-12,20,26H,13H2. The molecule has 0 saturated heterocycles. The second kappa shape index (κ2) is 7.41. The number of fused-ring (bicyclic) bond motifs is 1. The van der Waals surface area contributed by atoms with Gasteiger partial charge in [0.25, 0.3) is 0 Å². The Kier molecular flexibility index (Phi) is 5.03. The Morgan fingerprint density at radius 3 is 2.17 bits per heavy atom. The van der Waals surface area contributed by atoms with Crippen LogP contribution < -0.4 is 5.32 Å². The molecule has 0 fully saturated rings. The number of halogens is 4. The summed E-state index contributed by atoms with van der Waals surface area (Å²) in [6.45, 7) is -0.0877. The van der Waals surface area contributed by atoms with Gasteiger partial charge in [0, 0.05) is 6.54 Å². The van der Waals surface area contributed by atoms with Crippen molar-refractivity contribution >= 4 is 15.7 Å². The highest BCUT2D eigenvalue weighted by molar-refractivity contribution is 7.89. The maximum absolute atomic E-state index is 13.3. The molecule has 0 spiro atoms. The van der Waals surface area contributed by atoms with E-state index in [-0.39, 0.29) is 11.4 Å². The lowest BCUT2D eigenvalue weighted by Crippen LogP contribution is -2.42. The van der Waals surface area contributed by atoms with Crippen molar-refractivity contribution in [2.45, 2.75) is 23.8 Å². The third-order valence-electron chi connectivity index (χ3n) is 4.86. The summed E-state index contributed by atoms with van der Waals surface area (Å²) in [5, 5.41) is 3.10. The quantitative estimate of drug-likeness (QED) is 0.577. The summed E-state index contributed by atoms with van der Waals surface area (Å²) >= 11 is 0. The van der Waals surface area contributed by atoms with E-state index in [1.54, 1.807) is 18.2 Å². The van der Waals surface area contributed by atoms with Gasteiger partial charge in [0.15, 0.2) is 0 Å². The van der Waals surface area contributed by atoms with E-state index in [4.69, 9.17) is 0 Å². The lowest BCUT2D eigenvalue weighted by molar-refractivity contribution is -0.137. The predicted molar refractivity (Wildman–Crippen MR) is 103 cm³/mol. The largest absolute Gasteiger partial charge is 0.416 e. The molecule has 1 aliphatic rings. The second-order valence-electron chi connectivity index (χ2n) is 6.84. The van der Waals surface area contributed by atoms with Crippen molar-refractivity contribution in [3.8, 4) is 0 Å². The molecule has 1 N–H and O–H groups in total. The first kappa shape index (κ1) is 20.4. The van der Waals surface area contributed by atoms with Gasteiger partial charge in [-0.25, -0.2) is 12.8 Å². The molecule has 0 amide bonds. The molecule has 30 heavy (non-hydrogen) atoms. The topological polar surface area (TPSA) is 49.4 Å². The van der Waals surface area contributed by atoms with Crippen LogP contribution in [0.1, 0.15) is 22.9 Å². The normalized spacial score (nSPS) is 18.5. The number of sulfonamides is 1. The molecule has 0 aromatic heterocycles. The molecule has 4 rings (SSSR count). The number of para-hydroxylation sites is 1. The molecule has 1 heterocycles. The fourth-order valence-corrected chi connectivity index (χ4v) is 5.02. The Balaban J connectivity index is 1.78. The minimum Gasteiger partial charge on any atom is -0.364 e. The number of nitrogens with zero attached hydrogens (tertiary/aromatic N) is 1. The number of rotatable bonds is 3. The first-order valence-corrected chi connectivity index (χ1v) is 10.4. The van der Waals surface area contributed by atoms with Crippen LogP contribution in [0.5, 0.6) is 0 Å². The monoisotopic (exact) mass is 436 g/mol. The van der Waals surface area contributed by atoms with Crippen molar-refractivity contribution in [1.82, 2.24) is 4.31 Å². The Morgan fingerprint density at radius 1 is 0.900 bits per heavy atom. The number of nitrogens with one attached hydrogen (secondary N) is 1. The molecule has 4 nitrogen and oxygen atoms in total. The van der Waals surface area contributed by atoms with Gasteiger partial charge in [-0.15, -0.1) is 0 Å². The van der Waals surface area contributed by atoms with E-state index in [1.807, 2.05) is 0 Å². The van der Waals surface area contributed by atoms with Gasteiger partial charge >= 0.3 is 6.18 Å². The van der Waals surface area contributed by atoms with Crippen molar-refractivity contribution in [1.29, 1.82) is 0 Å². The average Bonchev–Trinajstić information content (AvgIpc) is 2.71. The van der Waals surface area contributed by atoms with Crippen molar-refractivity contribution < 1.29 is 26.0 Å². The van der Waals surface area contributed by atoms with Gasteiger partial charge in [0.1, 0.15) is 16.9 Å². The summed E-state index contributed by atoms with van der Waals surface area (Å²) in [5.74, 6) is -0.456. The summed E-state index contributed by atoms with van der Waals surface area (Å²) in [5.41, 5.74) is 0.425. The lowest BCUT2D eigenvalue weighted by atomic mass is 10.1. The highest BCUT2D eigenvalue weighted by atomic mass is 32.2. The molecule has 0 radical (unpaired) electrons. The third kappa shape index (κ3) is 3.78. The van der Waals surface area contributed by atoms with E-state index in [0.717, 1.165) is 16.4 Å². The van der Waals surface area contributed by atoms with Crippen LogP contribution in [0.25, 0.3) is 0 Å². The molecule has 1 aliphatic heterocycles. The molecule has 0 saturated carbocycles. The van der Waals surface area contributed by atoms with Crippen LogP contribution in [0.4, 0.5) is 23.2 Å². The molecule has 3 aromatic rings. The van der Waals surface area contributed by atoms with Crippen LogP contribution in [-0.2, 0) is 22.7 Å². The third-order valence-corrected chi connectivity index (χ3v) is 6.73. The molecular formula is C21H16F4N2O2S. The number of benzene rings is 3. The number of hydrogen-bond donors (Lipinski definition) is 1. The highest BCUT2D eigenvalue weighted by Crippen LogP contribution is 2.39. The summed E-state index contributed by atoms with van der Waals surface area (Å²) in [6.07, 6.45) is -5.43. The van der Waals surface area contributed by atoms with Gasteiger partial charge in [0.05, 0.1) is 11.3 Å². The minimum absolute atomic E-state index is 0.0651. The Labute approximate surface area is 170 Å². The zero-order chi connectivity index (χ0) is 21.5. The van der Waals surface area contributed by atoms with Gasteiger partial charge in [-0.1, -0.05) is 36.4 Å². The zero-order valence-corrected chi connectivity index (χ0v) is 16.2. The first-order chi connectivity index (χ1) is 14.2. The van der Waals surface area contributed by atoms with Crippen LogP contribution >= 0.6 is 0 Å². The predicted octanol–water partition coefficient (Wildman–Crippen LogP) is 5.16. The van der Waals surface area contributed by atoms with E-state index >= 15 is 0 Å². The molecular weight excluding hydrogens is 420 g/mol. The summed E-state index contributed by atoms with van der Waals surface area (Å²) in [4.78, 5) is 0.0651. The summed E-state index contributed by atoms with van der Waals surface area (Å²) in [6, 6.07) is 16.0. The van der Waals surface area contributed by atoms with Crippen LogP contribution in [0.2, 0.25) is 0 Å². The van der Waals surface area contributed by atoms with Gasteiger partial charge in [0.2, 0.25) is 10.0 Å². The fourth-order valence-electron chi connectivity index (χ4n) is 3.35. The zero-order valence-electron chi connectivity index (χ0n) is 15.4. The fraction of sp³-hybridized carbons (Fsp3) is 0.143. The van der Waals surface area contributed by atoms with Gasteiger partial charge in [-0.2, -0.15) is 17.5 Å². The van der Waals surface area contributed by atoms with Crippen LogP contribution in [0.3, 0.4) is 0 Å². The Hall–Kier alpha value is -2.91. The van der Waals surface area contributed by atoms with Gasteiger partial charge in [-0.05, 0) is 47.5 Å². The van der Waals surface area contributed by atoms with Gasteiger partial charge in [-0.3, -0.25) is 0 Å². The summed E-state index contributed by atoms with van der Waals surface area (Å²) in [7, 11) is -3.97. The van der Waals surface area contributed by atoms with Crippen LogP contribution in [-0.4, -0.2) is 12.7 Å². The van der Waals surface area contributed by atoms with Crippen molar-refractivity contribution in [2.24, 2.45) is 0 Å². The molecule has 3 aromatic carbocycles. The highest BCUT2D eigenvalue weighted by Gasteiger charge is 2.39. The smallest absolute Gasteiger partial charge is 0.364 e. The van der Waals surface area contributed by atoms with E-state index < -0.39 is 33.7 Å². The van der Waals surface area contributed by atoms with Crippen molar-refractivity contribution in [3.05, 3.63) is 95.3 Å². The second-order valence-corrected chi connectivity index (χ2v) is 8.70. The van der Waals surface area contributed by atoms with E-state index in [9.17, 15) is 26.0 Å². The first-order valence-electron chi connectivity index (χ1n) is 8.95. The molecule has 0 aliphatic carbocycles. The van der Waals surface area contributed by atoms with Gasteiger partial charge < -0.3 is 5.32 Å². The van der Waals surface area contributed by atoms with E-state index in [2.05, 4.69) is 5.32 Å². The minimum atomic E-state index is -4.50. The number of anilines is 1. The van der Waals surface area contributed by atoms with Crippen LogP contribution in [0.15, 0.2) is 77.7 Å². The molecule has 1 atom stereocenters. The molecule has 9 heteroatoms.